The molecule has 0 bridgehead atoms. The van der Waals surface area contributed by atoms with Crippen LogP contribution < -0.4 is 5.32 Å². The van der Waals surface area contributed by atoms with Gasteiger partial charge in [0.05, 0.1) is 0 Å². The van der Waals surface area contributed by atoms with Gasteiger partial charge in [-0.15, -0.1) is 0 Å². The maximum Gasteiger partial charge on any atom is 0.425 e. The van der Waals surface area contributed by atoms with Crippen LogP contribution in [0.25, 0.3) is 0 Å². The fourth-order valence-electron chi connectivity index (χ4n) is 0.807. The van der Waals surface area contributed by atoms with E-state index in [-0.39, 0.29) is 0 Å². The van der Waals surface area contributed by atoms with E-state index in [1.807, 2.05) is 0 Å². The summed E-state index contributed by atoms with van der Waals surface area (Å²) >= 11 is 5.71. The Labute approximate surface area is 87.0 Å². The van der Waals surface area contributed by atoms with E-state index in [1.54, 1.807) is 31.2 Å². The number of anilines is 1. The number of carbonyl (C=O) groups is 1. The Morgan fingerprint density at radius 1 is 1.57 bits per heavy atom. The summed E-state index contributed by atoms with van der Waals surface area (Å²) in [4.78, 5) is 11.0. The van der Waals surface area contributed by atoms with Crippen LogP contribution in [0.5, 0.6) is 0 Å². The minimum absolute atomic E-state index is 0.546. The van der Waals surface area contributed by atoms with Gasteiger partial charge in [-0.2, -0.15) is 0 Å². The Balaban J connectivity index is 2.59. The number of rotatable bonds is 1. The van der Waals surface area contributed by atoms with Gasteiger partial charge in [-0.05, 0) is 18.2 Å². The molecule has 0 heterocycles. The van der Waals surface area contributed by atoms with Crippen molar-refractivity contribution in [2.24, 2.45) is 0 Å². The summed E-state index contributed by atoms with van der Waals surface area (Å²) in [5, 5.41) is 3.02. The average Bonchev–Trinajstić information content (AvgIpc) is 2.15. The monoisotopic (exact) mass is 209 g/mol. The van der Waals surface area contributed by atoms with Gasteiger partial charge in [-0.3, -0.25) is 5.32 Å². The first-order valence-corrected chi connectivity index (χ1v) is 4.25. The molecule has 0 aliphatic heterocycles. The fraction of sp³-hybridized carbons (Fsp3) is 0.100. The minimum atomic E-state index is -0.624. The normalized spacial score (nSPS) is 8.43. The Morgan fingerprint density at radius 3 is 3.00 bits per heavy atom. The van der Waals surface area contributed by atoms with Crippen molar-refractivity contribution in [2.45, 2.75) is 6.92 Å². The summed E-state index contributed by atoms with van der Waals surface area (Å²) in [6.45, 7) is 1.58. The van der Waals surface area contributed by atoms with Crippen LogP contribution in [0.3, 0.4) is 0 Å². The molecule has 1 aromatic carbocycles. The quantitative estimate of drug-likeness (QED) is 0.723. The van der Waals surface area contributed by atoms with Crippen LogP contribution in [0.4, 0.5) is 10.5 Å². The summed E-state index contributed by atoms with van der Waals surface area (Å²) in [5.74, 6) is 2.44. The van der Waals surface area contributed by atoms with Gasteiger partial charge in [0.15, 0.2) is 0 Å². The molecular weight excluding hydrogens is 202 g/mol. The van der Waals surface area contributed by atoms with Crippen molar-refractivity contribution in [3.8, 4) is 12.0 Å². The van der Waals surface area contributed by atoms with E-state index >= 15 is 0 Å². The van der Waals surface area contributed by atoms with Crippen molar-refractivity contribution < 1.29 is 9.53 Å². The third-order valence-corrected chi connectivity index (χ3v) is 1.55. The molecule has 0 saturated heterocycles. The molecule has 1 aromatic rings. The molecule has 0 unspecified atom stereocenters. The molecule has 4 heteroatoms. The summed E-state index contributed by atoms with van der Waals surface area (Å²) in [5.41, 5.74) is 0.570. The Hall–Kier alpha value is -1.66. The third kappa shape index (κ3) is 3.38. The lowest BCUT2D eigenvalue weighted by atomic mass is 10.3. The lowest BCUT2D eigenvalue weighted by Crippen LogP contribution is -2.10. The topological polar surface area (TPSA) is 38.3 Å². The van der Waals surface area contributed by atoms with Crippen molar-refractivity contribution in [3.63, 3.8) is 0 Å². The molecule has 1 amide bonds. The molecule has 0 aliphatic carbocycles. The standard InChI is InChI=1S/C10H8ClNO2/c1-2-6-14-10(13)12-9-5-3-4-8(11)7-9/h3-5,7H,1H3,(H,12,13). The predicted molar refractivity (Wildman–Crippen MR) is 55.0 cm³/mol. The second-order valence-corrected chi connectivity index (χ2v) is 2.81. The molecule has 0 radical (unpaired) electrons. The zero-order chi connectivity index (χ0) is 10.4. The average molecular weight is 210 g/mol. The van der Waals surface area contributed by atoms with Crippen LogP contribution in [0.1, 0.15) is 6.92 Å². The van der Waals surface area contributed by atoms with Gasteiger partial charge in [-0.25, -0.2) is 4.79 Å². The minimum Gasteiger partial charge on any atom is -0.356 e. The molecule has 0 saturated carbocycles. The maximum absolute atomic E-state index is 11.0. The summed E-state index contributed by atoms with van der Waals surface area (Å²) in [6, 6.07) is 6.75. The number of nitrogens with one attached hydrogen (secondary N) is 1. The Kier molecular flexibility index (Phi) is 3.84. The second kappa shape index (κ2) is 5.15. The van der Waals surface area contributed by atoms with Crippen LogP contribution in [-0.2, 0) is 4.74 Å². The third-order valence-electron chi connectivity index (χ3n) is 1.32. The lowest BCUT2D eigenvalue weighted by molar-refractivity contribution is 0.207. The predicted octanol–water partition coefficient (Wildman–Crippen LogP) is 2.87. The van der Waals surface area contributed by atoms with Crippen LogP contribution in [0, 0.1) is 12.0 Å². The van der Waals surface area contributed by atoms with Crippen molar-refractivity contribution >= 4 is 23.4 Å². The van der Waals surface area contributed by atoms with Crippen LogP contribution in [-0.4, -0.2) is 6.09 Å². The van der Waals surface area contributed by atoms with Crippen LogP contribution in [0.15, 0.2) is 24.3 Å². The van der Waals surface area contributed by atoms with Crippen molar-refractivity contribution in [2.75, 3.05) is 5.32 Å². The van der Waals surface area contributed by atoms with Gasteiger partial charge in [0.2, 0.25) is 0 Å². The SMILES string of the molecule is CC#COC(=O)Nc1cccc(Cl)c1. The molecule has 0 fully saturated rings. The largest absolute Gasteiger partial charge is 0.425 e. The molecular formula is C10H8ClNO2. The fourth-order valence-corrected chi connectivity index (χ4v) is 0.997. The highest BCUT2D eigenvalue weighted by atomic mass is 35.5. The molecule has 3 nitrogen and oxygen atoms in total. The number of amides is 1. The number of carbonyl (C=O) groups excluding carboxylic acids is 1. The van der Waals surface area contributed by atoms with E-state index in [1.165, 1.54) is 0 Å². The van der Waals surface area contributed by atoms with Crippen molar-refractivity contribution in [3.05, 3.63) is 29.3 Å². The van der Waals surface area contributed by atoms with E-state index < -0.39 is 6.09 Å². The van der Waals surface area contributed by atoms with Gasteiger partial charge in [0.1, 0.15) is 6.11 Å². The second-order valence-electron chi connectivity index (χ2n) is 2.38. The highest BCUT2D eigenvalue weighted by Gasteiger charge is 2.01. The number of benzene rings is 1. The van der Waals surface area contributed by atoms with Crippen LogP contribution in [0.2, 0.25) is 5.02 Å². The summed E-state index contributed by atoms with van der Waals surface area (Å²) < 4.78 is 4.48. The smallest absolute Gasteiger partial charge is 0.356 e. The zero-order valence-corrected chi connectivity index (χ0v) is 8.26. The molecule has 1 rings (SSSR count). The summed E-state index contributed by atoms with van der Waals surface area (Å²) in [7, 11) is 0. The van der Waals surface area contributed by atoms with Gasteiger partial charge >= 0.3 is 6.09 Å². The van der Waals surface area contributed by atoms with E-state index in [4.69, 9.17) is 11.6 Å². The van der Waals surface area contributed by atoms with Gasteiger partial charge in [0.25, 0.3) is 0 Å². The van der Waals surface area contributed by atoms with Crippen molar-refractivity contribution in [1.29, 1.82) is 0 Å². The van der Waals surface area contributed by atoms with Gasteiger partial charge < -0.3 is 4.74 Å². The van der Waals surface area contributed by atoms with Crippen LogP contribution >= 0.6 is 11.6 Å². The molecule has 0 atom stereocenters. The van der Waals surface area contributed by atoms with Gasteiger partial charge in [0, 0.05) is 17.6 Å². The van der Waals surface area contributed by atoms with Crippen molar-refractivity contribution in [1.82, 2.24) is 0 Å². The lowest BCUT2D eigenvalue weighted by Gasteiger charge is -2.01. The first-order chi connectivity index (χ1) is 6.72. The van der Waals surface area contributed by atoms with E-state index in [0.29, 0.717) is 10.7 Å². The van der Waals surface area contributed by atoms with E-state index in [2.05, 4.69) is 22.1 Å². The molecule has 1 N–H and O–H groups in total. The van der Waals surface area contributed by atoms with Gasteiger partial charge in [-0.1, -0.05) is 23.6 Å². The summed E-state index contributed by atoms with van der Waals surface area (Å²) in [6.07, 6.45) is 1.56. The molecule has 0 aromatic heterocycles. The molecule has 0 spiro atoms. The number of hydrogen-bond donors (Lipinski definition) is 1. The maximum atomic E-state index is 11.0. The highest BCUT2D eigenvalue weighted by Crippen LogP contribution is 2.14. The number of halogens is 1. The Morgan fingerprint density at radius 2 is 2.36 bits per heavy atom. The van der Waals surface area contributed by atoms with E-state index in [0.717, 1.165) is 0 Å². The highest BCUT2D eigenvalue weighted by molar-refractivity contribution is 6.30. The Bertz CT molecular complexity index is 393. The molecule has 72 valence electrons. The first kappa shape index (κ1) is 10.4. The molecule has 0 aliphatic rings. The molecule has 14 heavy (non-hydrogen) atoms. The first-order valence-electron chi connectivity index (χ1n) is 3.87. The number of ether oxygens (including phenoxy) is 1. The van der Waals surface area contributed by atoms with E-state index in [9.17, 15) is 4.79 Å². The zero-order valence-electron chi connectivity index (χ0n) is 7.50. The number of hydrogen-bond acceptors (Lipinski definition) is 2.